The third kappa shape index (κ3) is 3.64. The molecule has 1 aliphatic rings. The maximum Gasteiger partial charge on any atom is 0.233 e. The molecular formula is C18H24N4OS. The van der Waals surface area contributed by atoms with Gasteiger partial charge in [0.1, 0.15) is 0 Å². The molecule has 1 aromatic heterocycles. The number of carbonyl (C=O) groups excluding carboxylic acids is 1. The molecule has 24 heavy (non-hydrogen) atoms. The lowest BCUT2D eigenvalue weighted by Crippen LogP contribution is -2.42. The summed E-state index contributed by atoms with van der Waals surface area (Å²) in [7, 11) is 1.95. The van der Waals surface area contributed by atoms with Crippen molar-refractivity contribution < 1.29 is 4.79 Å². The van der Waals surface area contributed by atoms with Gasteiger partial charge in [-0.3, -0.25) is 4.79 Å². The Morgan fingerprint density at radius 3 is 2.92 bits per heavy atom. The van der Waals surface area contributed by atoms with Crippen LogP contribution in [0.3, 0.4) is 0 Å². The van der Waals surface area contributed by atoms with Gasteiger partial charge in [-0.1, -0.05) is 35.5 Å². The van der Waals surface area contributed by atoms with Crippen molar-refractivity contribution in [2.45, 2.75) is 44.3 Å². The van der Waals surface area contributed by atoms with E-state index < -0.39 is 0 Å². The predicted molar refractivity (Wildman–Crippen MR) is 96.9 cm³/mol. The highest BCUT2D eigenvalue weighted by molar-refractivity contribution is 7.99. The van der Waals surface area contributed by atoms with Gasteiger partial charge in [0.25, 0.3) is 0 Å². The zero-order chi connectivity index (χ0) is 17.1. The van der Waals surface area contributed by atoms with Crippen LogP contribution in [-0.2, 0) is 11.8 Å². The first kappa shape index (κ1) is 17.0. The van der Waals surface area contributed by atoms with Crippen LogP contribution in [0.15, 0.2) is 29.4 Å². The molecule has 0 unspecified atom stereocenters. The number of aromatic nitrogens is 3. The van der Waals surface area contributed by atoms with Crippen LogP contribution in [0.5, 0.6) is 0 Å². The molecule has 0 N–H and O–H groups in total. The first-order valence-electron chi connectivity index (χ1n) is 8.45. The van der Waals surface area contributed by atoms with Gasteiger partial charge in [0.15, 0.2) is 11.0 Å². The molecule has 1 aromatic carbocycles. The summed E-state index contributed by atoms with van der Waals surface area (Å²) in [5, 5.41) is 9.34. The highest BCUT2D eigenvalue weighted by Gasteiger charge is 2.23. The van der Waals surface area contributed by atoms with Crippen LogP contribution < -0.4 is 0 Å². The molecule has 1 saturated heterocycles. The van der Waals surface area contributed by atoms with E-state index in [1.165, 1.54) is 23.7 Å². The van der Waals surface area contributed by atoms with Gasteiger partial charge >= 0.3 is 0 Å². The van der Waals surface area contributed by atoms with E-state index in [0.29, 0.717) is 11.8 Å². The minimum absolute atomic E-state index is 0.201. The van der Waals surface area contributed by atoms with Crippen LogP contribution in [0.2, 0.25) is 0 Å². The van der Waals surface area contributed by atoms with Gasteiger partial charge in [0.2, 0.25) is 5.91 Å². The van der Waals surface area contributed by atoms with Gasteiger partial charge in [-0.15, -0.1) is 10.2 Å². The van der Waals surface area contributed by atoms with Crippen LogP contribution in [-0.4, -0.2) is 43.9 Å². The van der Waals surface area contributed by atoms with E-state index in [1.807, 2.05) is 28.6 Å². The molecule has 0 aliphatic carbocycles. The quantitative estimate of drug-likeness (QED) is 0.799. The lowest BCUT2D eigenvalue weighted by Gasteiger charge is -2.33. The summed E-state index contributed by atoms with van der Waals surface area (Å²) in [6.45, 7) is 5.09. The highest BCUT2D eigenvalue weighted by Crippen LogP contribution is 2.24. The second-order valence-corrected chi connectivity index (χ2v) is 7.40. The number of hydrogen-bond acceptors (Lipinski definition) is 4. The second-order valence-electron chi connectivity index (χ2n) is 6.46. The molecule has 3 rings (SSSR count). The van der Waals surface area contributed by atoms with Crippen molar-refractivity contribution in [2.75, 3.05) is 12.3 Å². The molecule has 0 spiro atoms. The molecule has 0 radical (unpaired) electrons. The van der Waals surface area contributed by atoms with E-state index in [4.69, 9.17) is 0 Å². The molecule has 128 valence electrons. The van der Waals surface area contributed by atoms with Crippen molar-refractivity contribution in [1.82, 2.24) is 19.7 Å². The number of benzene rings is 1. The maximum atomic E-state index is 12.5. The Bertz CT molecular complexity index is 728. The Morgan fingerprint density at radius 1 is 1.33 bits per heavy atom. The number of carbonyl (C=O) groups is 1. The number of aryl methyl sites for hydroxylation is 1. The van der Waals surface area contributed by atoms with Crippen molar-refractivity contribution >= 4 is 17.7 Å². The Balaban J connectivity index is 1.67. The molecule has 0 saturated carbocycles. The largest absolute Gasteiger partial charge is 0.339 e. The van der Waals surface area contributed by atoms with Crippen LogP contribution >= 0.6 is 11.8 Å². The minimum Gasteiger partial charge on any atom is -0.339 e. The molecule has 1 aliphatic heterocycles. The SMILES string of the molecule is Cc1cccc(-c2nnc(SCC(=O)N3CCCC[C@@H]3C)n2C)c1. The maximum absolute atomic E-state index is 12.5. The highest BCUT2D eigenvalue weighted by atomic mass is 32.2. The van der Waals surface area contributed by atoms with Crippen molar-refractivity contribution in [2.24, 2.45) is 7.05 Å². The monoisotopic (exact) mass is 344 g/mol. The van der Waals surface area contributed by atoms with Crippen LogP contribution in [0, 0.1) is 6.92 Å². The van der Waals surface area contributed by atoms with E-state index in [-0.39, 0.29) is 5.91 Å². The average Bonchev–Trinajstić information content (AvgIpc) is 2.94. The van der Waals surface area contributed by atoms with E-state index >= 15 is 0 Å². The Morgan fingerprint density at radius 2 is 2.17 bits per heavy atom. The van der Waals surface area contributed by atoms with Crippen molar-refractivity contribution in [3.63, 3.8) is 0 Å². The fourth-order valence-corrected chi connectivity index (χ4v) is 3.95. The standard InChI is InChI=1S/C18H24N4OS/c1-13-7-6-9-15(11-13)17-19-20-18(21(17)3)24-12-16(23)22-10-5-4-8-14(22)2/h6-7,9,11,14H,4-5,8,10,12H2,1-3H3/t14-/m0/s1. The van der Waals surface area contributed by atoms with Crippen molar-refractivity contribution in [3.05, 3.63) is 29.8 Å². The van der Waals surface area contributed by atoms with Crippen LogP contribution in [0.25, 0.3) is 11.4 Å². The van der Waals surface area contributed by atoms with Gasteiger partial charge in [0, 0.05) is 25.2 Å². The van der Waals surface area contributed by atoms with Gasteiger partial charge in [0.05, 0.1) is 5.75 Å². The van der Waals surface area contributed by atoms with Crippen LogP contribution in [0.1, 0.15) is 31.7 Å². The molecule has 1 amide bonds. The molecular weight excluding hydrogens is 320 g/mol. The fourth-order valence-electron chi connectivity index (χ4n) is 3.15. The smallest absolute Gasteiger partial charge is 0.233 e. The van der Waals surface area contributed by atoms with Crippen LogP contribution in [0.4, 0.5) is 0 Å². The summed E-state index contributed by atoms with van der Waals surface area (Å²) in [6, 6.07) is 8.57. The lowest BCUT2D eigenvalue weighted by molar-refractivity contribution is -0.131. The Hall–Kier alpha value is -1.82. The molecule has 2 heterocycles. The number of nitrogens with zero attached hydrogens (tertiary/aromatic N) is 4. The minimum atomic E-state index is 0.201. The number of hydrogen-bond donors (Lipinski definition) is 0. The fraction of sp³-hybridized carbons (Fsp3) is 0.500. The van der Waals surface area contributed by atoms with Gasteiger partial charge in [-0.2, -0.15) is 0 Å². The van der Waals surface area contributed by atoms with E-state index in [9.17, 15) is 4.79 Å². The summed E-state index contributed by atoms with van der Waals surface area (Å²) >= 11 is 1.47. The summed E-state index contributed by atoms with van der Waals surface area (Å²) in [6.07, 6.45) is 3.45. The number of likely N-dealkylation sites (tertiary alicyclic amines) is 1. The summed E-state index contributed by atoms with van der Waals surface area (Å²) in [5.41, 5.74) is 2.24. The molecule has 1 fully saturated rings. The summed E-state index contributed by atoms with van der Waals surface area (Å²) in [5.74, 6) is 1.46. The Kier molecular flexibility index (Phi) is 5.23. The Labute approximate surface area is 147 Å². The molecule has 2 aromatic rings. The van der Waals surface area contributed by atoms with Crippen molar-refractivity contribution in [1.29, 1.82) is 0 Å². The summed E-state index contributed by atoms with van der Waals surface area (Å²) < 4.78 is 1.96. The van der Waals surface area contributed by atoms with E-state index in [2.05, 4.69) is 36.2 Å². The van der Waals surface area contributed by atoms with E-state index in [0.717, 1.165) is 35.9 Å². The van der Waals surface area contributed by atoms with Crippen molar-refractivity contribution in [3.8, 4) is 11.4 Å². The predicted octanol–water partition coefficient (Wildman–Crippen LogP) is 3.28. The zero-order valence-corrected chi connectivity index (χ0v) is 15.3. The number of piperidine rings is 1. The summed E-state index contributed by atoms with van der Waals surface area (Å²) in [4.78, 5) is 14.5. The normalized spacial score (nSPS) is 18.0. The second kappa shape index (κ2) is 7.38. The molecule has 1 atom stereocenters. The molecule has 6 heteroatoms. The van der Waals surface area contributed by atoms with Gasteiger partial charge in [-0.25, -0.2) is 0 Å². The third-order valence-electron chi connectivity index (χ3n) is 4.56. The van der Waals surface area contributed by atoms with Gasteiger partial charge in [-0.05, 0) is 39.2 Å². The number of thioether (sulfide) groups is 1. The van der Waals surface area contributed by atoms with E-state index in [1.54, 1.807) is 0 Å². The third-order valence-corrected chi connectivity index (χ3v) is 5.56. The van der Waals surface area contributed by atoms with Gasteiger partial charge < -0.3 is 9.47 Å². The lowest BCUT2D eigenvalue weighted by atomic mass is 10.0. The first-order valence-corrected chi connectivity index (χ1v) is 9.43. The molecule has 0 bridgehead atoms. The topological polar surface area (TPSA) is 51.0 Å². The average molecular weight is 344 g/mol. The molecule has 5 nitrogen and oxygen atoms in total. The number of rotatable bonds is 4. The first-order chi connectivity index (χ1) is 11.6. The number of amides is 1. The zero-order valence-electron chi connectivity index (χ0n) is 14.5.